The molecular weight excluding hydrogens is 717 g/mol. The van der Waals surface area contributed by atoms with E-state index in [-0.39, 0.29) is 15.5 Å². The van der Waals surface area contributed by atoms with Gasteiger partial charge in [0.15, 0.2) is 0 Å². The van der Waals surface area contributed by atoms with E-state index in [9.17, 15) is 0 Å². The van der Waals surface area contributed by atoms with E-state index in [1.165, 1.54) is 31.8 Å². The number of methoxy groups -OCH3 is 3. The third kappa shape index (κ3) is 8.06. The van der Waals surface area contributed by atoms with Crippen molar-refractivity contribution in [3.63, 3.8) is 0 Å². The first kappa shape index (κ1) is 38.8. The first-order valence-electron chi connectivity index (χ1n) is 18.7. The average molecular weight is 769 g/mol. The Kier molecular flexibility index (Phi) is 12.9. The van der Waals surface area contributed by atoms with Crippen molar-refractivity contribution in [1.82, 2.24) is 0 Å². The highest BCUT2D eigenvalue weighted by Crippen LogP contribution is 2.72. The summed E-state index contributed by atoms with van der Waals surface area (Å²) in [6.07, 6.45) is 2.85. The van der Waals surface area contributed by atoms with Gasteiger partial charge in [0.25, 0.3) is 0 Å². The summed E-state index contributed by atoms with van der Waals surface area (Å²) in [4.78, 5) is 0. The molecule has 1 saturated carbocycles. The minimum atomic E-state index is -0.938. The van der Waals surface area contributed by atoms with Gasteiger partial charge in [0.1, 0.15) is 0 Å². The van der Waals surface area contributed by atoms with Crippen LogP contribution in [-0.2, 0) is 14.2 Å². The Balaban J connectivity index is 1.60. The molecule has 1 fully saturated rings. The highest BCUT2D eigenvalue weighted by atomic mass is 31.1. The lowest BCUT2D eigenvalue weighted by molar-refractivity contribution is 0.0644. The Labute approximate surface area is 326 Å². The van der Waals surface area contributed by atoms with Crippen LogP contribution in [0.25, 0.3) is 0 Å². The minimum absolute atomic E-state index is 0.281. The standard InChI is InChI=1S/C48H51O3P3/c1-49-37-46(52(40-22-10-4-11-23-40)41-24-12-5-13-25-41)34-47(38-50-2,53(42-26-14-6-15-27-42)43-28-16-7-17-29-43)36-48(35-46,39-51-3)54(44-30-18-8-19-31-44)45-32-20-9-21-33-45/h4-33H,34-39H2,1-3H3. The molecule has 0 bridgehead atoms. The lowest BCUT2D eigenvalue weighted by atomic mass is 9.73. The Hall–Kier alpha value is -3.51. The molecule has 7 rings (SSSR count). The van der Waals surface area contributed by atoms with Gasteiger partial charge in [-0.2, -0.15) is 0 Å². The number of hydrogen-bond donors (Lipinski definition) is 0. The number of hydrogen-bond acceptors (Lipinski definition) is 3. The minimum Gasteiger partial charge on any atom is -0.384 e. The van der Waals surface area contributed by atoms with Gasteiger partial charge in [0.05, 0.1) is 19.8 Å². The molecule has 0 spiro atoms. The largest absolute Gasteiger partial charge is 0.384 e. The summed E-state index contributed by atoms with van der Waals surface area (Å²) >= 11 is 0. The average Bonchev–Trinajstić information content (AvgIpc) is 3.21. The molecule has 0 aliphatic heterocycles. The van der Waals surface area contributed by atoms with Crippen LogP contribution < -0.4 is 31.8 Å². The van der Waals surface area contributed by atoms with E-state index in [1.54, 1.807) is 0 Å². The fraction of sp³-hybridized carbons (Fsp3) is 0.250. The van der Waals surface area contributed by atoms with E-state index in [4.69, 9.17) is 14.2 Å². The highest BCUT2D eigenvalue weighted by Gasteiger charge is 2.62. The molecule has 1 aliphatic rings. The summed E-state index contributed by atoms with van der Waals surface area (Å²) in [5, 5.41) is 7.42. The molecule has 0 atom stereocenters. The van der Waals surface area contributed by atoms with Crippen molar-refractivity contribution in [3.05, 3.63) is 182 Å². The van der Waals surface area contributed by atoms with Crippen LogP contribution in [0.5, 0.6) is 0 Å². The number of rotatable bonds is 15. The fourth-order valence-electron chi connectivity index (χ4n) is 9.36. The molecule has 0 unspecified atom stereocenters. The SMILES string of the molecule is COCC1(P(c2ccccc2)c2ccccc2)CC(COC)(P(c2ccccc2)c2ccccc2)CC(COC)(P(c2ccccc2)c2ccccc2)C1. The van der Waals surface area contributed by atoms with E-state index in [1.807, 2.05) is 21.3 Å². The molecule has 0 aromatic heterocycles. The van der Waals surface area contributed by atoms with Gasteiger partial charge in [-0.15, -0.1) is 0 Å². The first-order valence-corrected chi connectivity index (χ1v) is 22.8. The van der Waals surface area contributed by atoms with Gasteiger partial charge in [-0.3, -0.25) is 0 Å². The Morgan fingerprint density at radius 1 is 0.315 bits per heavy atom. The van der Waals surface area contributed by atoms with Crippen LogP contribution in [0.4, 0.5) is 0 Å². The zero-order valence-corrected chi connectivity index (χ0v) is 34.3. The van der Waals surface area contributed by atoms with Crippen LogP contribution in [-0.4, -0.2) is 56.6 Å². The first-order chi connectivity index (χ1) is 26.6. The van der Waals surface area contributed by atoms with E-state index in [0.29, 0.717) is 19.8 Å². The van der Waals surface area contributed by atoms with Crippen LogP contribution in [0.3, 0.4) is 0 Å². The second kappa shape index (κ2) is 18.0. The predicted octanol–water partition coefficient (Wildman–Crippen LogP) is 8.72. The summed E-state index contributed by atoms with van der Waals surface area (Å²) in [5.41, 5.74) is 0. The van der Waals surface area contributed by atoms with Crippen molar-refractivity contribution in [2.75, 3.05) is 41.2 Å². The van der Waals surface area contributed by atoms with Gasteiger partial charge in [-0.05, 0) is 74.9 Å². The molecule has 54 heavy (non-hydrogen) atoms. The van der Waals surface area contributed by atoms with Crippen LogP contribution >= 0.6 is 23.8 Å². The fourth-order valence-corrected chi connectivity index (χ4v) is 20.3. The van der Waals surface area contributed by atoms with E-state index in [2.05, 4.69) is 182 Å². The molecule has 276 valence electrons. The van der Waals surface area contributed by atoms with Crippen LogP contribution in [0.15, 0.2) is 182 Å². The highest BCUT2D eigenvalue weighted by molar-refractivity contribution is 7.76. The molecule has 6 aromatic carbocycles. The monoisotopic (exact) mass is 768 g/mol. The van der Waals surface area contributed by atoms with Gasteiger partial charge in [0, 0.05) is 36.8 Å². The Morgan fingerprint density at radius 3 is 0.630 bits per heavy atom. The summed E-state index contributed by atoms with van der Waals surface area (Å²) in [7, 11) is 2.91. The summed E-state index contributed by atoms with van der Waals surface area (Å²) < 4.78 is 19.7. The Morgan fingerprint density at radius 2 is 0.481 bits per heavy atom. The smallest absolute Gasteiger partial charge is 0.0564 e. The molecule has 0 radical (unpaired) electrons. The van der Waals surface area contributed by atoms with Gasteiger partial charge in [0.2, 0.25) is 0 Å². The zero-order valence-electron chi connectivity index (χ0n) is 31.6. The summed E-state index contributed by atoms with van der Waals surface area (Å²) in [5.74, 6) is 0. The zero-order chi connectivity index (χ0) is 37.3. The second-order valence-electron chi connectivity index (χ2n) is 14.5. The third-order valence-corrected chi connectivity index (χ3v) is 19.8. The van der Waals surface area contributed by atoms with Crippen molar-refractivity contribution in [3.8, 4) is 0 Å². The predicted molar refractivity (Wildman–Crippen MR) is 235 cm³/mol. The summed E-state index contributed by atoms with van der Waals surface area (Å²) in [6.45, 7) is 1.87. The maximum absolute atomic E-state index is 6.58. The second-order valence-corrected chi connectivity index (χ2v) is 22.5. The van der Waals surface area contributed by atoms with E-state index < -0.39 is 23.8 Å². The van der Waals surface area contributed by atoms with Gasteiger partial charge >= 0.3 is 0 Å². The van der Waals surface area contributed by atoms with Crippen LogP contribution in [0.2, 0.25) is 0 Å². The van der Waals surface area contributed by atoms with Crippen LogP contribution in [0, 0.1) is 0 Å². The molecule has 0 heterocycles. The summed E-state index contributed by atoms with van der Waals surface area (Å²) in [6, 6.07) is 67.7. The van der Waals surface area contributed by atoms with Gasteiger partial charge < -0.3 is 14.2 Å². The molecule has 0 amide bonds. The topological polar surface area (TPSA) is 27.7 Å². The number of ether oxygens (including phenoxy) is 3. The van der Waals surface area contributed by atoms with Crippen LogP contribution in [0.1, 0.15) is 19.3 Å². The third-order valence-electron chi connectivity index (χ3n) is 10.7. The lowest BCUT2D eigenvalue weighted by Crippen LogP contribution is -2.62. The molecule has 6 aromatic rings. The van der Waals surface area contributed by atoms with Gasteiger partial charge in [-0.25, -0.2) is 0 Å². The molecule has 3 nitrogen and oxygen atoms in total. The maximum atomic E-state index is 6.58. The molecular formula is C48H51O3P3. The molecule has 6 heteroatoms. The van der Waals surface area contributed by atoms with Crippen molar-refractivity contribution in [2.24, 2.45) is 0 Å². The van der Waals surface area contributed by atoms with Crippen molar-refractivity contribution >= 4 is 55.6 Å². The molecule has 1 aliphatic carbocycles. The number of benzene rings is 6. The van der Waals surface area contributed by atoms with Crippen molar-refractivity contribution < 1.29 is 14.2 Å². The Bertz CT molecular complexity index is 1640. The van der Waals surface area contributed by atoms with E-state index >= 15 is 0 Å². The van der Waals surface area contributed by atoms with Gasteiger partial charge in [-0.1, -0.05) is 182 Å². The van der Waals surface area contributed by atoms with Crippen molar-refractivity contribution in [1.29, 1.82) is 0 Å². The van der Waals surface area contributed by atoms with Crippen molar-refractivity contribution in [2.45, 2.75) is 34.7 Å². The maximum Gasteiger partial charge on any atom is 0.0564 e. The molecule has 0 saturated heterocycles. The molecule has 0 N–H and O–H groups in total. The normalized spacial score (nSPS) is 21.4. The van der Waals surface area contributed by atoms with E-state index in [0.717, 1.165) is 19.3 Å². The lowest BCUT2D eigenvalue weighted by Gasteiger charge is -2.62. The quantitative estimate of drug-likeness (QED) is 0.0980.